The first-order valence-corrected chi connectivity index (χ1v) is 53.9. The Kier molecular flexibility index (Phi) is 36.5. The second-order valence-electron chi connectivity index (χ2n) is 36.4. The van der Waals surface area contributed by atoms with E-state index in [2.05, 4.69) is 235 Å². The van der Waals surface area contributed by atoms with Gasteiger partial charge in [0.1, 0.15) is 81.4 Å². The topological polar surface area (TPSA) is 568 Å². The highest BCUT2D eigenvalue weighted by Crippen LogP contribution is 2.42. The minimum atomic E-state index is -0.486. The molecule has 0 bridgehead atoms. The van der Waals surface area contributed by atoms with E-state index in [-0.39, 0.29) is 0 Å². The number of nitrogens with one attached hydrogen (secondary N) is 5. The van der Waals surface area contributed by atoms with Crippen LogP contribution >= 0.6 is 130 Å². The van der Waals surface area contributed by atoms with E-state index in [1.807, 2.05) is 52.6 Å². The molecule has 25 N–H and O–H groups in total. The molecule has 6 fully saturated rings. The first-order valence-electron chi connectivity index (χ1n) is 47.4. The summed E-state index contributed by atoms with van der Waals surface area (Å²) >= 11 is 35.8. The molecule has 1 amide bonds. The molecule has 6 saturated heterocycles. The van der Waals surface area contributed by atoms with Crippen molar-refractivity contribution < 1.29 is 9.53 Å². The van der Waals surface area contributed by atoms with Crippen molar-refractivity contribution in [2.45, 2.75) is 128 Å². The van der Waals surface area contributed by atoms with Crippen LogP contribution in [0.15, 0.2) is 93.2 Å². The number of aryl methyl sites for hydroxylation is 3. The van der Waals surface area contributed by atoms with Crippen LogP contribution in [0.4, 0.5) is 68.8 Å². The van der Waals surface area contributed by atoms with Gasteiger partial charge in [-0.05, 0) is 210 Å². The molecule has 5 atom stereocenters. The number of alkyl carbamates (subject to hydrolysis) is 1. The van der Waals surface area contributed by atoms with Crippen molar-refractivity contribution in [2.75, 3.05) is 217 Å². The number of amides is 1. The molecule has 6 aliphatic rings. The molecule has 0 aliphatic carbocycles. The zero-order valence-electron chi connectivity index (χ0n) is 80.5. The third kappa shape index (κ3) is 24.5. The minimum Gasteiger partial charge on any atom is -0.444 e. The first-order chi connectivity index (χ1) is 68.3. The highest BCUT2D eigenvalue weighted by molar-refractivity contribution is 9.11. The van der Waals surface area contributed by atoms with Crippen molar-refractivity contribution in [1.29, 1.82) is 0 Å². The quantitative estimate of drug-likeness (QED) is 0.0237. The highest BCUT2D eigenvalue weighted by atomic mass is 79.9. The number of nitrogens with zero attached hydrogens (tertiary/aromatic N) is 27. The summed E-state index contributed by atoms with van der Waals surface area (Å²) < 4.78 is 21.7. The van der Waals surface area contributed by atoms with Gasteiger partial charge in [-0.15, -0.1) is 0 Å². The fourth-order valence-corrected chi connectivity index (χ4v) is 22.0. The molecule has 20 rings (SSSR count). The van der Waals surface area contributed by atoms with Gasteiger partial charge in [-0.25, -0.2) is 34.7 Å². The predicted octanol–water partition coefficient (Wildman–Crippen LogP) is 9.32. The third-order valence-corrected chi connectivity index (χ3v) is 30.9. The van der Waals surface area contributed by atoms with Crippen LogP contribution in [-0.2, 0) is 24.6 Å². The Hall–Kier alpha value is -9.24. The molecule has 14 aromatic rings. The summed E-state index contributed by atoms with van der Waals surface area (Å²) in [6.07, 6.45) is 23.2. The van der Waals surface area contributed by atoms with E-state index in [0.29, 0.717) is 137 Å². The van der Waals surface area contributed by atoms with Crippen molar-refractivity contribution in [3.63, 3.8) is 0 Å². The Morgan fingerprint density at radius 1 is 0.451 bits per heavy atom. The Labute approximate surface area is 887 Å². The second kappa shape index (κ2) is 48.4. The molecule has 0 saturated carbocycles. The average molecular weight is 2400 g/mol. The maximum Gasteiger partial charge on any atom is 0.407 e. The predicted molar refractivity (Wildman–Crippen MR) is 588 cm³/mol. The van der Waals surface area contributed by atoms with E-state index in [1.165, 1.54) is 4.52 Å². The smallest absolute Gasteiger partial charge is 0.407 e. The van der Waals surface area contributed by atoms with E-state index in [1.54, 1.807) is 63.4 Å². The van der Waals surface area contributed by atoms with Gasteiger partial charge in [-0.2, -0.15) is 74.1 Å². The van der Waals surface area contributed by atoms with Crippen LogP contribution in [0.2, 0.25) is 10.0 Å². The van der Waals surface area contributed by atoms with Gasteiger partial charge in [0.2, 0.25) is 0 Å². The number of ether oxygens (including phenoxy) is 1. The van der Waals surface area contributed by atoms with E-state index in [4.69, 9.17) is 110 Å². The van der Waals surface area contributed by atoms with Gasteiger partial charge >= 0.3 is 6.09 Å². The number of nitrogens with two attached hydrogens (primary N) is 10. The number of piperidine rings is 1. The molecule has 1 unspecified atom stereocenters. The fraction of sp³-hybridized carbons (Fsp3) is 0.506. The number of hydrogen-bond donors (Lipinski definition) is 15. The maximum atomic E-state index is 11.7. The molecule has 0 radical (unpaired) electrons. The number of carbonyl (C=O) groups is 1. The summed E-state index contributed by atoms with van der Waals surface area (Å²) in [5, 5.41) is 51.7. The molecular formula is C89H126Br6Cl2N42O2S. The molecular weight excluding hydrogens is 2270 g/mol. The lowest BCUT2D eigenvalue weighted by Gasteiger charge is -2.34. The largest absolute Gasteiger partial charge is 0.444 e. The van der Waals surface area contributed by atoms with Gasteiger partial charge in [0.15, 0.2) is 45.5 Å². The molecule has 6 aliphatic heterocycles. The normalized spacial score (nSPS) is 18.0. The summed E-state index contributed by atoms with van der Waals surface area (Å²) in [4.78, 5) is 56.1. The van der Waals surface area contributed by atoms with Gasteiger partial charge in [0.25, 0.3) is 0 Å². The molecule has 44 nitrogen and oxygen atoms in total. The standard InChI is InChI=1S/C19H30BrN7O2.C17H21BrN6S.C15H19ClN8.C14H22BrN7.C12H17Br2N7.C12H17BrClN7/c1-5-12-10-24-27-15(21)14(20)17(25-16(12)27)26-9-6-13(11-26)22-7-8-23-18(28)29-19(2,3)4;18-14-15(11-2-1-5-23(9-11)6-4-19)22-17-13(12-3-7-25-10-12)8-21-24(17)16(14)20;1-21-4-3-5-23(9-21)15-12(16)13(17)24-14(20-15)11(7-19-24)10-6-18-22(2)8-10;1-2-9-7-19-22-12(17)11(15)14(20-13(9)22)21-6-3-10(8-21)18-5-4-16;2*13-8-5-18-21-10(16)9(14)12(19-11(8)21)20-4-1-7(6-20)17-3-2-15/h10,13,22H,5-9,11,21H2,1-4H3,(H,23,28);3,7-8,10-11H,1-2,4-6,9,19-20H2;6-8H,3-5,9,17H2,1-2H3;7,10,18H,2-6,8,16-17H2,1H3;2*5,7,17H,1-4,6,15-16H2/t13-;;;10-;2*7-/m0..000/s1. The molecule has 14 aromatic heterocycles. The van der Waals surface area contributed by atoms with Crippen molar-refractivity contribution in [1.82, 2.24) is 134 Å². The monoisotopic (exact) mass is 2390 g/mol. The minimum absolute atomic E-state index is 0.317. The number of halogens is 8. The zero-order valence-corrected chi connectivity index (χ0v) is 92.3. The van der Waals surface area contributed by atoms with Crippen molar-refractivity contribution >= 4 is 234 Å². The van der Waals surface area contributed by atoms with Crippen LogP contribution in [0, 0.1) is 0 Å². The summed E-state index contributed by atoms with van der Waals surface area (Å²) in [6, 6.07) is 3.69. The Bertz CT molecular complexity index is 6550. The average Bonchev–Trinajstić information content (AvgIpc) is 1.57. The van der Waals surface area contributed by atoms with E-state index >= 15 is 0 Å². The maximum absolute atomic E-state index is 11.7. The number of thiophene rings is 1. The van der Waals surface area contributed by atoms with E-state index < -0.39 is 11.7 Å². The number of hydrogen-bond acceptors (Lipinski definition) is 37. The summed E-state index contributed by atoms with van der Waals surface area (Å²) in [5.74, 6) is 7.50. The number of likely N-dealkylation sites (tertiary alicyclic amines) is 1. The molecule has 766 valence electrons. The molecule has 0 aromatic carbocycles. The van der Waals surface area contributed by atoms with Gasteiger partial charge in [0, 0.05) is 209 Å². The van der Waals surface area contributed by atoms with E-state index in [9.17, 15) is 4.79 Å². The Morgan fingerprint density at radius 2 is 0.873 bits per heavy atom. The van der Waals surface area contributed by atoms with Crippen LogP contribution in [0.5, 0.6) is 0 Å². The lowest BCUT2D eigenvalue weighted by molar-refractivity contribution is 0.0527. The van der Waals surface area contributed by atoms with Crippen molar-refractivity contribution in [2.24, 2.45) is 30.0 Å². The van der Waals surface area contributed by atoms with Crippen molar-refractivity contribution in [3.8, 4) is 22.3 Å². The molecule has 142 heavy (non-hydrogen) atoms. The van der Waals surface area contributed by atoms with E-state index in [0.717, 1.165) is 275 Å². The number of aromatic nitrogens is 20. The lowest BCUT2D eigenvalue weighted by atomic mass is 9.94. The van der Waals surface area contributed by atoms with Gasteiger partial charge in [-0.3, -0.25) is 9.58 Å². The number of anilines is 11. The first kappa shape index (κ1) is 107. The van der Waals surface area contributed by atoms with Crippen LogP contribution < -0.4 is 108 Å². The lowest BCUT2D eigenvalue weighted by Crippen LogP contribution is -2.43. The summed E-state index contributed by atoms with van der Waals surface area (Å²) in [6.45, 7) is 28.9. The zero-order chi connectivity index (χ0) is 101. The number of carbonyl (C=O) groups excluding carboxylic acids is 1. The number of rotatable bonds is 25. The fourth-order valence-electron chi connectivity index (χ4n) is 18.1. The SMILES string of the molecule is CCc1cnn2c(N)c(Br)c(N3CC[C@H](NCCN)C3)nc12.CCc1cnn2c(N)c(Br)c(N3CC[C@H](NCCNC(=O)OC(C)(C)C)C3)nc12.CN1CCCN(c2nc3c(-c4cnn(C)c4)cnn3c(N)c2Cl)C1.NCCN1CCCC(c2nc3c(-c4ccsc4)cnn3c(N)c2Br)C1.NCCN[C@H]1CCN(c2nc3c(Br)cnn3c(N)c2Br)C1.NCCN[C@H]1CCN(c2nc3c(Br)cnn3c(N)c2Cl)C1. The number of fused-ring (bicyclic) bond motifs is 6. The molecule has 0 spiro atoms. The molecule has 20 heterocycles. The van der Waals surface area contributed by atoms with Gasteiger partial charge in [-0.1, -0.05) is 37.0 Å². The highest BCUT2D eigenvalue weighted by Gasteiger charge is 2.35. The summed E-state index contributed by atoms with van der Waals surface area (Å²) in [5.41, 5.74) is 70.9. The second-order valence-corrected chi connectivity index (χ2v) is 42.9. The van der Waals surface area contributed by atoms with Gasteiger partial charge in [0.05, 0.1) is 69.2 Å². The Morgan fingerprint density at radius 3 is 1.34 bits per heavy atom. The third-order valence-electron chi connectivity index (χ3n) is 25.3. The van der Waals surface area contributed by atoms with Crippen LogP contribution in [0.1, 0.15) is 102 Å². The van der Waals surface area contributed by atoms with Crippen LogP contribution in [0.25, 0.3) is 56.1 Å². The van der Waals surface area contributed by atoms with Gasteiger partial charge < -0.3 is 118 Å². The van der Waals surface area contributed by atoms with Crippen LogP contribution in [-0.4, -0.2) is 301 Å². The number of nitrogen functional groups attached to an aromatic ring is 6. The van der Waals surface area contributed by atoms with Crippen LogP contribution in [0.3, 0.4) is 0 Å². The Balaban J connectivity index is 0.000000129. The molecule has 53 heteroatoms. The summed E-state index contributed by atoms with van der Waals surface area (Å²) in [7, 11) is 3.96. The van der Waals surface area contributed by atoms with Crippen molar-refractivity contribution in [3.05, 3.63) is 120 Å².